The number of nitrogens with one attached hydrogen (secondary N) is 1. The second-order valence-electron chi connectivity index (χ2n) is 7.97. The first-order chi connectivity index (χ1) is 16.6. The van der Waals surface area contributed by atoms with Crippen LogP contribution in [0.5, 0.6) is 5.75 Å². The van der Waals surface area contributed by atoms with Crippen molar-refractivity contribution in [2.24, 2.45) is 7.05 Å². The summed E-state index contributed by atoms with van der Waals surface area (Å²) in [5, 5.41) is 6.02. The molecule has 182 valence electrons. The highest BCUT2D eigenvalue weighted by Gasteiger charge is 2.33. The molecule has 1 aliphatic heterocycles. The Hall–Kier alpha value is -3.38. The Bertz CT molecular complexity index is 1480. The third-order valence-electron chi connectivity index (χ3n) is 5.84. The molecular formula is C23H19F3N4O3S2. The van der Waals surface area contributed by atoms with Gasteiger partial charge in [-0.1, -0.05) is 12.1 Å². The first kappa shape index (κ1) is 23.4. The van der Waals surface area contributed by atoms with Crippen molar-refractivity contribution in [3.05, 3.63) is 76.9 Å². The van der Waals surface area contributed by atoms with Gasteiger partial charge in [-0.25, -0.2) is 13.4 Å². The Morgan fingerprint density at radius 3 is 2.60 bits per heavy atom. The minimum absolute atomic E-state index is 0.00590. The lowest BCUT2D eigenvalue weighted by molar-refractivity contribution is -0.137. The van der Waals surface area contributed by atoms with Gasteiger partial charge in [-0.3, -0.25) is 9.40 Å². The Balaban J connectivity index is 1.57. The van der Waals surface area contributed by atoms with Gasteiger partial charge in [0, 0.05) is 47.9 Å². The maximum absolute atomic E-state index is 13.5. The summed E-state index contributed by atoms with van der Waals surface area (Å²) in [5.41, 5.74) is 1.60. The molecule has 4 aromatic rings. The van der Waals surface area contributed by atoms with Gasteiger partial charge in [-0.15, -0.1) is 11.3 Å². The van der Waals surface area contributed by atoms with E-state index >= 15 is 0 Å². The molecular weight excluding hydrogens is 501 g/mol. The van der Waals surface area contributed by atoms with Crippen molar-refractivity contribution >= 4 is 26.5 Å². The number of aromatic nitrogens is 3. The van der Waals surface area contributed by atoms with Crippen molar-refractivity contribution in [1.29, 1.82) is 0 Å². The fourth-order valence-corrected chi connectivity index (χ4v) is 6.01. The third-order valence-corrected chi connectivity index (χ3v) is 8.00. The molecule has 7 nitrogen and oxygen atoms in total. The van der Waals surface area contributed by atoms with Crippen molar-refractivity contribution in [1.82, 2.24) is 14.8 Å². The third kappa shape index (κ3) is 4.50. The highest BCUT2D eigenvalue weighted by Crippen LogP contribution is 2.44. The van der Waals surface area contributed by atoms with E-state index in [-0.39, 0.29) is 22.6 Å². The molecule has 0 fully saturated rings. The number of benzene rings is 2. The molecule has 0 amide bonds. The van der Waals surface area contributed by atoms with Crippen molar-refractivity contribution in [2.75, 3.05) is 11.3 Å². The zero-order chi connectivity index (χ0) is 24.8. The van der Waals surface area contributed by atoms with Crippen molar-refractivity contribution in [2.45, 2.75) is 23.4 Å². The molecule has 3 heterocycles. The predicted octanol–water partition coefficient (Wildman–Crippen LogP) is 5.28. The molecule has 0 saturated carbocycles. The number of fused-ring (bicyclic) bond motifs is 1. The lowest BCUT2D eigenvalue weighted by atomic mass is 9.83. The summed E-state index contributed by atoms with van der Waals surface area (Å²) >= 11 is 1.16. The van der Waals surface area contributed by atoms with Crippen LogP contribution in [0, 0.1) is 0 Å². The zero-order valence-electron chi connectivity index (χ0n) is 18.3. The maximum Gasteiger partial charge on any atom is 0.416 e. The second-order valence-corrected chi connectivity index (χ2v) is 10.5. The van der Waals surface area contributed by atoms with Gasteiger partial charge in [0.05, 0.1) is 22.8 Å². The molecule has 0 bridgehead atoms. The van der Waals surface area contributed by atoms with E-state index in [2.05, 4.69) is 14.8 Å². The summed E-state index contributed by atoms with van der Waals surface area (Å²) in [4.78, 5) is 3.95. The molecule has 5 rings (SSSR count). The summed E-state index contributed by atoms with van der Waals surface area (Å²) in [6.07, 6.45) is -0.948. The normalized spacial score (nSPS) is 15.9. The van der Waals surface area contributed by atoms with Crippen LogP contribution in [0.3, 0.4) is 0 Å². The lowest BCUT2D eigenvalue weighted by Gasteiger charge is -2.28. The number of rotatable bonds is 5. The van der Waals surface area contributed by atoms with Crippen LogP contribution >= 0.6 is 11.3 Å². The predicted molar refractivity (Wildman–Crippen MR) is 125 cm³/mol. The van der Waals surface area contributed by atoms with Crippen molar-refractivity contribution in [3.8, 4) is 17.0 Å². The fourth-order valence-electron chi connectivity index (χ4n) is 4.20. The van der Waals surface area contributed by atoms with Crippen LogP contribution in [0.15, 0.2) is 65.1 Å². The van der Waals surface area contributed by atoms with Crippen molar-refractivity contribution in [3.63, 3.8) is 0 Å². The Morgan fingerprint density at radius 2 is 1.91 bits per heavy atom. The van der Waals surface area contributed by atoms with Crippen LogP contribution in [0.1, 0.15) is 29.0 Å². The second kappa shape index (κ2) is 8.68. The molecule has 0 aliphatic carbocycles. The quantitative estimate of drug-likeness (QED) is 0.387. The van der Waals surface area contributed by atoms with Gasteiger partial charge in [-0.2, -0.15) is 18.3 Å². The fraction of sp³-hybridized carbons (Fsp3) is 0.217. The summed E-state index contributed by atoms with van der Waals surface area (Å²) in [6, 6.07) is 9.91. The van der Waals surface area contributed by atoms with Crippen LogP contribution in [0.2, 0.25) is 0 Å². The molecule has 1 unspecified atom stereocenters. The minimum Gasteiger partial charge on any atom is -0.493 e. The molecule has 2 aromatic heterocycles. The van der Waals surface area contributed by atoms with Gasteiger partial charge in [0.1, 0.15) is 5.75 Å². The summed E-state index contributed by atoms with van der Waals surface area (Å²) in [6.45, 7) is 0.285. The Morgan fingerprint density at radius 1 is 1.11 bits per heavy atom. The monoisotopic (exact) mass is 520 g/mol. The van der Waals surface area contributed by atoms with E-state index in [1.807, 2.05) is 0 Å². The number of hydrogen-bond acceptors (Lipinski definition) is 6. The van der Waals surface area contributed by atoms with Crippen molar-refractivity contribution < 1.29 is 26.3 Å². The summed E-state index contributed by atoms with van der Waals surface area (Å²) in [7, 11) is -2.22. The summed E-state index contributed by atoms with van der Waals surface area (Å²) in [5.74, 6) is 0.0775. The number of ether oxygens (including phenoxy) is 1. The minimum atomic E-state index is -4.49. The molecule has 12 heteroatoms. The topological polar surface area (TPSA) is 86.1 Å². The van der Waals surface area contributed by atoms with Crippen LogP contribution in [0.4, 0.5) is 18.3 Å². The van der Waals surface area contributed by atoms with Crippen LogP contribution in [0.25, 0.3) is 11.3 Å². The van der Waals surface area contributed by atoms with Gasteiger partial charge in [0.15, 0.2) is 5.13 Å². The molecule has 35 heavy (non-hydrogen) atoms. The molecule has 2 aromatic carbocycles. The Labute approximate surface area is 203 Å². The molecule has 1 N–H and O–H groups in total. The smallest absolute Gasteiger partial charge is 0.416 e. The SMILES string of the molecule is Cn1nccc1-c1cc(C(F)(F)F)ccc1C1CCOc2cc(S(=O)(=O)Nc3nccs3)ccc21. The standard InChI is InChI=1S/C23H19F3N4O3S2/c1-30-20(6-8-28-30)19-12-14(23(24,25)26)2-4-16(19)17-7-10-33-21-13-15(3-5-18(17)21)35(31,32)29-22-27-9-11-34-22/h2-6,8-9,11-13,17H,7,10H2,1H3,(H,27,29). The lowest BCUT2D eigenvalue weighted by Crippen LogP contribution is -2.18. The molecule has 0 spiro atoms. The van der Waals surface area contributed by atoms with E-state index in [0.717, 1.165) is 23.5 Å². The molecule has 0 saturated heterocycles. The summed E-state index contributed by atoms with van der Waals surface area (Å²) < 4.78 is 75.8. The van der Waals surface area contributed by atoms with Gasteiger partial charge in [-0.05, 0) is 36.2 Å². The van der Waals surface area contributed by atoms with Crippen LogP contribution < -0.4 is 9.46 Å². The Kier molecular flexibility index (Phi) is 5.80. The molecule has 1 aliphatic rings. The number of thiazole rings is 1. The highest BCUT2D eigenvalue weighted by atomic mass is 32.2. The largest absolute Gasteiger partial charge is 0.493 e. The van der Waals surface area contributed by atoms with Gasteiger partial charge in [0.25, 0.3) is 10.0 Å². The van der Waals surface area contributed by atoms with Crippen LogP contribution in [-0.4, -0.2) is 29.8 Å². The van der Waals surface area contributed by atoms with E-state index in [1.54, 1.807) is 24.6 Å². The van der Waals surface area contributed by atoms with E-state index < -0.39 is 21.8 Å². The number of halogens is 3. The zero-order valence-corrected chi connectivity index (χ0v) is 19.9. The van der Waals surface area contributed by atoms with Crippen LogP contribution in [-0.2, 0) is 23.2 Å². The number of sulfonamides is 1. The number of alkyl halides is 3. The maximum atomic E-state index is 13.5. The first-order valence-corrected chi connectivity index (χ1v) is 12.9. The van der Waals surface area contributed by atoms with E-state index in [4.69, 9.17) is 4.74 Å². The molecule has 0 radical (unpaired) electrons. The van der Waals surface area contributed by atoms with Gasteiger partial charge in [0.2, 0.25) is 0 Å². The van der Waals surface area contributed by atoms with Gasteiger partial charge >= 0.3 is 6.18 Å². The number of anilines is 1. The van der Waals surface area contributed by atoms with E-state index in [9.17, 15) is 21.6 Å². The van der Waals surface area contributed by atoms with E-state index in [0.29, 0.717) is 34.6 Å². The average Bonchev–Trinajstić information content (AvgIpc) is 3.48. The van der Waals surface area contributed by atoms with E-state index in [1.165, 1.54) is 35.3 Å². The average molecular weight is 521 g/mol. The first-order valence-electron chi connectivity index (χ1n) is 10.5. The molecule has 1 atom stereocenters. The number of hydrogen-bond donors (Lipinski definition) is 1. The highest BCUT2D eigenvalue weighted by molar-refractivity contribution is 7.93. The number of aryl methyl sites for hydroxylation is 1. The van der Waals surface area contributed by atoms with Gasteiger partial charge < -0.3 is 4.74 Å². The number of nitrogens with zero attached hydrogens (tertiary/aromatic N) is 3.